The third kappa shape index (κ3) is 4.37. The van der Waals surface area contributed by atoms with Crippen LogP contribution in [0, 0.1) is 0 Å². The number of pyridine rings is 2. The zero-order valence-electron chi connectivity index (χ0n) is 16.2. The number of fused-ring (bicyclic) bond motifs is 1. The van der Waals surface area contributed by atoms with Crippen molar-refractivity contribution in [2.75, 3.05) is 24.5 Å². The molecule has 4 rings (SSSR count). The van der Waals surface area contributed by atoms with Crippen LogP contribution in [0.2, 0.25) is 0 Å². The van der Waals surface area contributed by atoms with Crippen LogP contribution in [0.4, 0.5) is 5.69 Å². The third-order valence-corrected chi connectivity index (χ3v) is 5.24. The molecule has 2 aromatic heterocycles. The fourth-order valence-corrected chi connectivity index (χ4v) is 3.76. The van der Waals surface area contributed by atoms with Gasteiger partial charge in [-0.25, -0.2) is 0 Å². The third-order valence-electron chi connectivity index (χ3n) is 5.24. The first-order valence-electron chi connectivity index (χ1n) is 9.97. The molecule has 1 amide bonds. The van der Waals surface area contributed by atoms with Crippen molar-refractivity contribution < 1.29 is 4.79 Å². The van der Waals surface area contributed by atoms with E-state index < -0.39 is 0 Å². The van der Waals surface area contributed by atoms with Gasteiger partial charge < -0.3 is 15.2 Å². The number of aromatic amines is 1. The topological polar surface area (TPSA) is 78.1 Å². The Hall–Kier alpha value is -3.41. The highest BCUT2D eigenvalue weighted by atomic mass is 16.2. The molecule has 0 aliphatic carbocycles. The summed E-state index contributed by atoms with van der Waals surface area (Å²) in [6.45, 7) is 2.46. The maximum absolute atomic E-state index is 12.4. The van der Waals surface area contributed by atoms with Gasteiger partial charge in [0.1, 0.15) is 5.56 Å². The zero-order valence-corrected chi connectivity index (χ0v) is 16.2. The monoisotopic (exact) mass is 388 g/mol. The Morgan fingerprint density at radius 3 is 2.76 bits per heavy atom. The number of carbonyl (C=O) groups is 1. The molecule has 0 bridgehead atoms. The van der Waals surface area contributed by atoms with Crippen molar-refractivity contribution in [2.24, 2.45) is 0 Å². The summed E-state index contributed by atoms with van der Waals surface area (Å²) >= 11 is 0. The highest BCUT2D eigenvalue weighted by Crippen LogP contribution is 2.26. The van der Waals surface area contributed by atoms with Crippen LogP contribution in [0.15, 0.2) is 65.7 Å². The van der Waals surface area contributed by atoms with E-state index in [0.717, 1.165) is 37.9 Å². The van der Waals surface area contributed by atoms with Gasteiger partial charge in [-0.05, 0) is 55.2 Å². The minimum Gasteiger partial charge on any atom is -0.371 e. The maximum atomic E-state index is 12.4. The van der Waals surface area contributed by atoms with Gasteiger partial charge in [-0.1, -0.05) is 18.2 Å². The summed E-state index contributed by atoms with van der Waals surface area (Å²) in [4.78, 5) is 33.9. The average molecular weight is 388 g/mol. The summed E-state index contributed by atoms with van der Waals surface area (Å²) in [7, 11) is 0. The molecule has 148 valence electrons. The van der Waals surface area contributed by atoms with Crippen molar-refractivity contribution in [3.63, 3.8) is 0 Å². The number of H-pyrrole nitrogens is 1. The number of carbonyl (C=O) groups excluding carboxylic acids is 1. The van der Waals surface area contributed by atoms with Crippen molar-refractivity contribution in [1.29, 1.82) is 0 Å². The molecule has 3 aromatic rings. The minimum atomic E-state index is -0.387. The molecule has 29 heavy (non-hydrogen) atoms. The number of aromatic nitrogens is 2. The first-order valence-corrected chi connectivity index (χ1v) is 9.97. The van der Waals surface area contributed by atoms with Crippen LogP contribution in [-0.4, -0.2) is 35.5 Å². The SMILES string of the molecule is O=C(NCCCN1CCCc2ccccc21)c1ccc(-c2ccncc2)[nH]c1=O. The number of para-hydroxylation sites is 1. The molecule has 6 heteroatoms. The lowest BCUT2D eigenvalue weighted by Crippen LogP contribution is -2.34. The molecule has 0 atom stereocenters. The lowest BCUT2D eigenvalue weighted by atomic mass is 10.0. The number of aryl methyl sites for hydroxylation is 1. The number of benzene rings is 1. The quantitative estimate of drug-likeness (QED) is 0.637. The summed E-state index contributed by atoms with van der Waals surface area (Å²) in [5.41, 5.74) is 3.95. The van der Waals surface area contributed by atoms with Crippen molar-refractivity contribution >= 4 is 11.6 Å². The average Bonchev–Trinajstić information content (AvgIpc) is 2.77. The molecule has 1 aliphatic heterocycles. The second-order valence-corrected chi connectivity index (χ2v) is 7.18. The van der Waals surface area contributed by atoms with Crippen LogP contribution < -0.4 is 15.8 Å². The Balaban J connectivity index is 1.32. The van der Waals surface area contributed by atoms with Gasteiger partial charge in [-0.2, -0.15) is 0 Å². The first kappa shape index (κ1) is 18.9. The van der Waals surface area contributed by atoms with E-state index >= 15 is 0 Å². The number of hydrogen-bond donors (Lipinski definition) is 2. The molecule has 2 N–H and O–H groups in total. The fourth-order valence-electron chi connectivity index (χ4n) is 3.76. The predicted molar refractivity (Wildman–Crippen MR) is 114 cm³/mol. The summed E-state index contributed by atoms with van der Waals surface area (Å²) < 4.78 is 0. The Morgan fingerprint density at radius 1 is 1.10 bits per heavy atom. The molecule has 1 aromatic carbocycles. The summed E-state index contributed by atoms with van der Waals surface area (Å²) in [5, 5.41) is 2.87. The normalized spacial score (nSPS) is 13.0. The minimum absolute atomic E-state index is 0.131. The number of amides is 1. The molecular weight excluding hydrogens is 364 g/mol. The molecule has 1 aliphatic rings. The number of hydrogen-bond acceptors (Lipinski definition) is 4. The molecule has 3 heterocycles. The van der Waals surface area contributed by atoms with E-state index in [1.165, 1.54) is 11.3 Å². The molecule has 0 radical (unpaired) electrons. The summed E-state index contributed by atoms with van der Waals surface area (Å²) in [6.07, 6.45) is 6.43. The molecular formula is C23H24N4O2. The van der Waals surface area contributed by atoms with E-state index in [2.05, 4.69) is 44.5 Å². The van der Waals surface area contributed by atoms with Gasteiger partial charge in [0.15, 0.2) is 0 Å². The highest BCUT2D eigenvalue weighted by molar-refractivity contribution is 5.94. The second kappa shape index (κ2) is 8.73. The van der Waals surface area contributed by atoms with Crippen LogP contribution in [0.5, 0.6) is 0 Å². The van der Waals surface area contributed by atoms with Crippen LogP contribution >= 0.6 is 0 Å². The first-order chi connectivity index (χ1) is 14.2. The summed E-state index contributed by atoms with van der Waals surface area (Å²) in [5.74, 6) is -0.341. The van der Waals surface area contributed by atoms with Crippen molar-refractivity contribution in [2.45, 2.75) is 19.3 Å². The zero-order chi connectivity index (χ0) is 20.1. The van der Waals surface area contributed by atoms with E-state index in [1.807, 2.05) is 12.1 Å². The number of rotatable bonds is 6. The molecule has 0 fully saturated rings. The Morgan fingerprint density at radius 2 is 1.93 bits per heavy atom. The Kier molecular flexibility index (Phi) is 5.70. The standard InChI is InChI=1S/C23H24N4O2/c28-22(19-8-9-20(26-23(19)29)17-10-13-24-14-11-17)25-12-4-16-27-15-3-6-18-5-1-2-7-21(18)27/h1-2,5,7-11,13-14H,3-4,6,12,15-16H2,(H,25,28)(H,26,29). The van der Waals surface area contributed by atoms with Crippen LogP contribution in [0.3, 0.4) is 0 Å². The second-order valence-electron chi connectivity index (χ2n) is 7.18. The van der Waals surface area contributed by atoms with Gasteiger partial charge >= 0.3 is 0 Å². The number of nitrogens with zero attached hydrogens (tertiary/aromatic N) is 2. The molecule has 0 unspecified atom stereocenters. The molecule has 0 saturated carbocycles. The van der Waals surface area contributed by atoms with Gasteiger partial charge in [0.05, 0.1) is 0 Å². The lowest BCUT2D eigenvalue weighted by molar-refractivity contribution is 0.0952. The summed E-state index contributed by atoms with van der Waals surface area (Å²) in [6, 6.07) is 15.4. The van der Waals surface area contributed by atoms with Crippen LogP contribution in [0.1, 0.15) is 28.8 Å². The van der Waals surface area contributed by atoms with Gasteiger partial charge in [0, 0.05) is 49.0 Å². The Labute approximate surface area is 169 Å². The lowest BCUT2D eigenvalue weighted by Gasteiger charge is -2.31. The van der Waals surface area contributed by atoms with E-state index in [-0.39, 0.29) is 17.0 Å². The smallest absolute Gasteiger partial charge is 0.261 e. The molecule has 0 saturated heterocycles. The van der Waals surface area contributed by atoms with Gasteiger partial charge in [0.2, 0.25) is 0 Å². The highest BCUT2D eigenvalue weighted by Gasteiger charge is 2.16. The van der Waals surface area contributed by atoms with Crippen LogP contribution in [-0.2, 0) is 6.42 Å². The van der Waals surface area contributed by atoms with Gasteiger partial charge in [-0.15, -0.1) is 0 Å². The van der Waals surface area contributed by atoms with E-state index in [4.69, 9.17) is 0 Å². The van der Waals surface area contributed by atoms with Crippen molar-refractivity contribution in [3.8, 4) is 11.3 Å². The maximum Gasteiger partial charge on any atom is 0.261 e. The van der Waals surface area contributed by atoms with E-state index in [1.54, 1.807) is 24.5 Å². The molecule has 6 nitrogen and oxygen atoms in total. The predicted octanol–water partition coefficient (Wildman–Crippen LogP) is 3.01. The molecule has 0 spiro atoms. The van der Waals surface area contributed by atoms with E-state index in [9.17, 15) is 9.59 Å². The van der Waals surface area contributed by atoms with Gasteiger partial charge in [-0.3, -0.25) is 14.6 Å². The fraction of sp³-hybridized carbons (Fsp3) is 0.261. The Bertz CT molecular complexity index is 1050. The van der Waals surface area contributed by atoms with Crippen LogP contribution in [0.25, 0.3) is 11.3 Å². The van der Waals surface area contributed by atoms with Gasteiger partial charge in [0.25, 0.3) is 11.5 Å². The number of nitrogens with one attached hydrogen (secondary N) is 2. The number of anilines is 1. The largest absolute Gasteiger partial charge is 0.371 e. The van der Waals surface area contributed by atoms with Crippen molar-refractivity contribution in [3.05, 3.63) is 82.4 Å². The van der Waals surface area contributed by atoms with Crippen molar-refractivity contribution in [1.82, 2.24) is 15.3 Å². The van der Waals surface area contributed by atoms with E-state index in [0.29, 0.717) is 12.2 Å².